The lowest BCUT2D eigenvalue weighted by molar-refractivity contribution is 0.682. The van der Waals surface area contributed by atoms with E-state index in [1.807, 2.05) is 49.4 Å². The van der Waals surface area contributed by atoms with Crippen LogP contribution in [-0.2, 0) is 16.6 Å². The van der Waals surface area contributed by atoms with Crippen LogP contribution in [0, 0.1) is 10.5 Å². The molecule has 0 aromatic heterocycles. The molecule has 4 heteroatoms. The van der Waals surface area contributed by atoms with E-state index in [4.69, 9.17) is 5.73 Å². The molecule has 2 nitrogen and oxygen atoms in total. The van der Waals surface area contributed by atoms with Gasteiger partial charge in [-0.05, 0) is 71.0 Å². The summed E-state index contributed by atoms with van der Waals surface area (Å²) in [7, 11) is -1.02. The molecule has 0 amide bonds. The maximum atomic E-state index is 12.2. The van der Waals surface area contributed by atoms with Crippen molar-refractivity contribution in [3.63, 3.8) is 0 Å². The fraction of sp³-hybridized carbons (Fsp3) is 0.143. The van der Waals surface area contributed by atoms with Gasteiger partial charge in [0.05, 0.1) is 16.6 Å². The number of benzene rings is 2. The first kappa shape index (κ1) is 13.5. The molecule has 0 aliphatic heterocycles. The van der Waals surface area contributed by atoms with Gasteiger partial charge in [-0.25, -0.2) is 0 Å². The Hall–Kier alpha value is -0.880. The van der Waals surface area contributed by atoms with E-state index >= 15 is 0 Å². The molecule has 0 aliphatic rings. The Labute approximate surface area is 123 Å². The van der Waals surface area contributed by atoms with Gasteiger partial charge in [0.15, 0.2) is 0 Å². The van der Waals surface area contributed by atoms with E-state index < -0.39 is 10.8 Å². The molecule has 0 bridgehead atoms. The Kier molecular flexibility index (Phi) is 4.40. The molecule has 18 heavy (non-hydrogen) atoms. The normalized spacial score (nSPS) is 12.3. The van der Waals surface area contributed by atoms with Crippen LogP contribution in [0.3, 0.4) is 0 Å². The van der Waals surface area contributed by atoms with E-state index in [0.29, 0.717) is 5.75 Å². The smallest absolute Gasteiger partial charge is 0.0574 e. The summed E-state index contributed by atoms with van der Waals surface area (Å²) < 4.78 is 13.4. The third-order valence-corrected chi connectivity index (χ3v) is 4.81. The van der Waals surface area contributed by atoms with Gasteiger partial charge < -0.3 is 5.73 Å². The largest absolute Gasteiger partial charge is 0.399 e. The van der Waals surface area contributed by atoms with E-state index in [1.54, 1.807) is 0 Å². The van der Waals surface area contributed by atoms with Crippen molar-refractivity contribution in [2.75, 3.05) is 5.73 Å². The van der Waals surface area contributed by atoms with Gasteiger partial charge in [-0.1, -0.05) is 12.1 Å². The summed E-state index contributed by atoms with van der Waals surface area (Å²) in [5.41, 5.74) is 8.56. The van der Waals surface area contributed by atoms with Crippen molar-refractivity contribution in [1.82, 2.24) is 0 Å². The molecule has 0 radical (unpaired) electrons. The molecule has 0 spiro atoms. The summed E-state index contributed by atoms with van der Waals surface area (Å²) in [5, 5.41) is 0. The molecule has 0 saturated heterocycles. The minimum absolute atomic E-state index is 0.542. The molecular weight excluding hydrogens is 357 g/mol. The minimum Gasteiger partial charge on any atom is -0.399 e. The fourth-order valence-corrected chi connectivity index (χ4v) is 3.15. The standard InChI is InChI=1S/C14H14INOS/c1-10-8-13(6-7-14(10)16)18(17)9-11-2-4-12(15)5-3-11/h2-8H,9,16H2,1H3. The van der Waals surface area contributed by atoms with Crippen LogP contribution in [0.25, 0.3) is 0 Å². The van der Waals surface area contributed by atoms with Crippen LogP contribution in [0.4, 0.5) is 5.69 Å². The SMILES string of the molecule is Cc1cc(S(=O)Cc2ccc(I)cc2)ccc1N. The molecule has 2 aromatic carbocycles. The second-order valence-electron chi connectivity index (χ2n) is 4.13. The average Bonchev–Trinajstić information content (AvgIpc) is 2.35. The topological polar surface area (TPSA) is 43.1 Å². The Balaban J connectivity index is 2.16. The van der Waals surface area contributed by atoms with Crippen molar-refractivity contribution in [2.45, 2.75) is 17.6 Å². The Morgan fingerprint density at radius 3 is 2.44 bits per heavy atom. The van der Waals surface area contributed by atoms with Crippen molar-refractivity contribution < 1.29 is 4.21 Å². The monoisotopic (exact) mass is 371 g/mol. The van der Waals surface area contributed by atoms with Gasteiger partial charge in [0.1, 0.15) is 0 Å². The molecule has 2 aromatic rings. The molecule has 94 valence electrons. The highest BCUT2D eigenvalue weighted by Gasteiger charge is 2.06. The lowest BCUT2D eigenvalue weighted by Crippen LogP contribution is -1.98. The molecule has 0 saturated carbocycles. The third kappa shape index (κ3) is 3.32. The first-order chi connectivity index (χ1) is 8.56. The van der Waals surface area contributed by atoms with Gasteiger partial charge >= 0.3 is 0 Å². The van der Waals surface area contributed by atoms with Gasteiger partial charge in [0.25, 0.3) is 0 Å². The Morgan fingerprint density at radius 2 is 1.83 bits per heavy atom. The van der Waals surface area contributed by atoms with Gasteiger partial charge in [0, 0.05) is 14.2 Å². The molecule has 2 N–H and O–H groups in total. The molecule has 1 atom stereocenters. The summed E-state index contributed by atoms with van der Waals surface area (Å²) in [6.07, 6.45) is 0. The number of nitrogen functional groups attached to an aromatic ring is 1. The van der Waals surface area contributed by atoms with Gasteiger partial charge in [-0.2, -0.15) is 0 Å². The molecule has 0 aliphatic carbocycles. The molecule has 0 fully saturated rings. The quantitative estimate of drug-likeness (QED) is 0.663. The van der Waals surface area contributed by atoms with E-state index in [9.17, 15) is 4.21 Å². The Bertz CT molecular complexity index is 581. The molecule has 0 heterocycles. The minimum atomic E-state index is -1.02. The maximum Gasteiger partial charge on any atom is 0.0574 e. The van der Waals surface area contributed by atoms with Crippen LogP contribution < -0.4 is 5.73 Å². The summed E-state index contributed by atoms with van der Waals surface area (Å²) in [6.45, 7) is 1.93. The van der Waals surface area contributed by atoms with Crippen molar-refractivity contribution in [2.24, 2.45) is 0 Å². The number of hydrogen-bond acceptors (Lipinski definition) is 2. The van der Waals surface area contributed by atoms with Crippen LogP contribution >= 0.6 is 22.6 Å². The second kappa shape index (κ2) is 5.84. The number of halogens is 1. The average molecular weight is 371 g/mol. The van der Waals surface area contributed by atoms with Gasteiger partial charge in [-0.3, -0.25) is 4.21 Å². The van der Waals surface area contributed by atoms with Crippen LogP contribution in [0.2, 0.25) is 0 Å². The lowest BCUT2D eigenvalue weighted by atomic mass is 10.2. The summed E-state index contributed by atoms with van der Waals surface area (Å²) in [4.78, 5) is 0.834. The van der Waals surface area contributed by atoms with E-state index in [-0.39, 0.29) is 0 Å². The zero-order valence-electron chi connectivity index (χ0n) is 10.0. The third-order valence-electron chi connectivity index (χ3n) is 2.72. The fourth-order valence-electron chi connectivity index (χ4n) is 1.61. The van der Waals surface area contributed by atoms with Gasteiger partial charge in [-0.15, -0.1) is 0 Å². The first-order valence-electron chi connectivity index (χ1n) is 5.55. The zero-order valence-corrected chi connectivity index (χ0v) is 13.0. The predicted octanol–water partition coefficient (Wildman–Crippen LogP) is 3.49. The highest BCUT2D eigenvalue weighted by Crippen LogP contribution is 2.18. The van der Waals surface area contributed by atoms with E-state index in [2.05, 4.69) is 22.6 Å². The van der Waals surface area contributed by atoms with Crippen molar-refractivity contribution >= 4 is 39.1 Å². The number of nitrogens with two attached hydrogens (primary N) is 1. The van der Waals surface area contributed by atoms with Crippen LogP contribution in [0.5, 0.6) is 0 Å². The number of aryl methyl sites for hydroxylation is 1. The van der Waals surface area contributed by atoms with Crippen molar-refractivity contribution in [1.29, 1.82) is 0 Å². The highest BCUT2D eigenvalue weighted by molar-refractivity contribution is 14.1. The maximum absolute atomic E-state index is 12.2. The molecule has 2 rings (SSSR count). The Morgan fingerprint density at radius 1 is 1.17 bits per heavy atom. The summed E-state index contributed by atoms with van der Waals surface area (Å²) in [6, 6.07) is 13.6. The summed E-state index contributed by atoms with van der Waals surface area (Å²) in [5.74, 6) is 0.542. The number of hydrogen-bond donors (Lipinski definition) is 1. The second-order valence-corrected chi connectivity index (χ2v) is 6.83. The van der Waals surface area contributed by atoms with Crippen molar-refractivity contribution in [3.05, 3.63) is 57.2 Å². The van der Waals surface area contributed by atoms with Gasteiger partial charge in [0.2, 0.25) is 0 Å². The number of anilines is 1. The molecular formula is C14H14INOS. The van der Waals surface area contributed by atoms with Crippen LogP contribution in [0.1, 0.15) is 11.1 Å². The zero-order chi connectivity index (χ0) is 13.1. The lowest BCUT2D eigenvalue weighted by Gasteiger charge is -2.06. The van der Waals surface area contributed by atoms with Crippen LogP contribution in [0.15, 0.2) is 47.4 Å². The van der Waals surface area contributed by atoms with E-state index in [0.717, 1.165) is 21.7 Å². The van der Waals surface area contributed by atoms with E-state index in [1.165, 1.54) is 3.57 Å². The molecule has 1 unspecified atom stereocenters. The summed E-state index contributed by atoms with van der Waals surface area (Å²) >= 11 is 2.26. The highest BCUT2D eigenvalue weighted by atomic mass is 127. The predicted molar refractivity (Wildman–Crippen MR) is 84.9 cm³/mol. The van der Waals surface area contributed by atoms with Crippen molar-refractivity contribution in [3.8, 4) is 0 Å². The van der Waals surface area contributed by atoms with Crippen LogP contribution in [-0.4, -0.2) is 4.21 Å². The number of rotatable bonds is 3. The first-order valence-corrected chi connectivity index (χ1v) is 7.95.